The average Bonchev–Trinajstić information content (AvgIpc) is 2.42. The second-order valence-electron chi connectivity index (χ2n) is 3.85. The van der Waals surface area contributed by atoms with Crippen molar-refractivity contribution >= 4 is 34.9 Å². The van der Waals surface area contributed by atoms with Gasteiger partial charge in [-0.2, -0.15) is 9.97 Å². The number of anilines is 4. The van der Waals surface area contributed by atoms with Gasteiger partial charge in [0.1, 0.15) is 17.3 Å². The van der Waals surface area contributed by atoms with Gasteiger partial charge < -0.3 is 22.1 Å². The molecule has 0 radical (unpaired) electrons. The highest BCUT2D eigenvalue weighted by atomic mass is 35.5. The minimum Gasteiger partial charge on any atom is -0.393 e. The maximum absolute atomic E-state index is 12.7. The summed E-state index contributed by atoms with van der Waals surface area (Å²) in [5.41, 5.74) is 11.4. The molecule has 0 aromatic carbocycles. The highest BCUT2D eigenvalue weighted by Gasteiger charge is 2.07. The van der Waals surface area contributed by atoms with Crippen LogP contribution in [0.1, 0.15) is 0 Å². The van der Waals surface area contributed by atoms with Gasteiger partial charge in [0.2, 0.25) is 5.95 Å². The van der Waals surface area contributed by atoms with E-state index >= 15 is 0 Å². The highest BCUT2D eigenvalue weighted by Crippen LogP contribution is 2.23. The summed E-state index contributed by atoms with van der Waals surface area (Å²) in [4.78, 5) is 11.5. The van der Waals surface area contributed by atoms with Gasteiger partial charge in [-0.05, 0) is 12.1 Å². The van der Waals surface area contributed by atoms with E-state index in [2.05, 4.69) is 25.6 Å². The third-order valence-electron chi connectivity index (χ3n) is 2.37. The maximum Gasteiger partial charge on any atom is 0.223 e. The summed E-state index contributed by atoms with van der Waals surface area (Å²) in [5.74, 6) is 0.602. The summed E-state index contributed by atoms with van der Waals surface area (Å²) < 4.78 is 12.7. The van der Waals surface area contributed by atoms with E-state index in [1.807, 2.05) is 0 Å². The summed E-state index contributed by atoms with van der Waals surface area (Å²) in [5, 5.41) is 6.08. The van der Waals surface area contributed by atoms with E-state index in [-0.39, 0.29) is 22.6 Å². The Morgan fingerprint density at radius 2 is 1.90 bits per heavy atom. The van der Waals surface area contributed by atoms with Crippen molar-refractivity contribution in [2.24, 2.45) is 0 Å². The van der Waals surface area contributed by atoms with Gasteiger partial charge in [-0.1, -0.05) is 11.6 Å². The van der Waals surface area contributed by atoms with Gasteiger partial charge in [0.25, 0.3) is 0 Å². The monoisotopic (exact) mass is 297 g/mol. The Kier molecular flexibility index (Phi) is 4.36. The van der Waals surface area contributed by atoms with Gasteiger partial charge >= 0.3 is 0 Å². The molecule has 0 bridgehead atoms. The van der Waals surface area contributed by atoms with Crippen LogP contribution in [-0.4, -0.2) is 28.0 Å². The predicted octanol–water partition coefficient (Wildman–Crippen LogP) is 1.35. The van der Waals surface area contributed by atoms with Crippen LogP contribution in [0.2, 0.25) is 5.15 Å². The molecule has 9 heteroatoms. The molecule has 0 unspecified atom stereocenters. The van der Waals surface area contributed by atoms with Gasteiger partial charge in [0, 0.05) is 13.1 Å². The second-order valence-corrected chi connectivity index (χ2v) is 4.21. The minimum absolute atomic E-state index is 0.0415. The van der Waals surface area contributed by atoms with Crippen LogP contribution in [0.3, 0.4) is 0 Å². The molecule has 0 aliphatic rings. The standard InChI is InChI=1S/C11H13ClFN7/c12-9-8(14)10(20-11(15)19-9)17-4-3-16-7-2-1-6(13)5-18-7/h1-2,5H,3-4,14H2,(H,16,18)(H3,15,17,19,20). The molecule has 0 aliphatic heterocycles. The van der Waals surface area contributed by atoms with E-state index in [1.165, 1.54) is 6.07 Å². The van der Waals surface area contributed by atoms with Crippen molar-refractivity contribution in [2.75, 3.05) is 35.2 Å². The SMILES string of the molecule is Nc1nc(Cl)c(N)c(NCCNc2ccc(F)cn2)n1. The van der Waals surface area contributed by atoms with Crippen LogP contribution in [0.25, 0.3) is 0 Å². The summed E-state index contributed by atoms with van der Waals surface area (Å²) in [7, 11) is 0. The third-order valence-corrected chi connectivity index (χ3v) is 2.66. The normalized spacial score (nSPS) is 10.3. The number of hydrogen-bond acceptors (Lipinski definition) is 7. The zero-order valence-corrected chi connectivity index (χ0v) is 11.2. The Hall–Kier alpha value is -2.35. The van der Waals surface area contributed by atoms with Crippen molar-refractivity contribution in [2.45, 2.75) is 0 Å². The number of aromatic nitrogens is 3. The lowest BCUT2D eigenvalue weighted by molar-refractivity contribution is 0.621. The quantitative estimate of drug-likeness (QED) is 0.486. The Morgan fingerprint density at radius 3 is 2.60 bits per heavy atom. The molecular formula is C11H13ClFN7. The number of pyridine rings is 1. The molecule has 20 heavy (non-hydrogen) atoms. The second kappa shape index (κ2) is 6.20. The Morgan fingerprint density at radius 1 is 1.15 bits per heavy atom. The van der Waals surface area contributed by atoms with Crippen LogP contribution in [-0.2, 0) is 0 Å². The lowest BCUT2D eigenvalue weighted by Gasteiger charge is -2.10. The number of hydrogen-bond donors (Lipinski definition) is 4. The fourth-order valence-electron chi connectivity index (χ4n) is 1.44. The first-order chi connectivity index (χ1) is 9.56. The summed E-state index contributed by atoms with van der Waals surface area (Å²) in [6.07, 6.45) is 1.14. The molecule has 0 fully saturated rings. The number of nitrogens with zero attached hydrogens (tertiary/aromatic N) is 3. The van der Waals surface area contributed by atoms with Crippen LogP contribution in [0, 0.1) is 5.82 Å². The molecule has 2 aromatic rings. The van der Waals surface area contributed by atoms with Crippen molar-refractivity contribution in [3.8, 4) is 0 Å². The molecule has 0 aliphatic carbocycles. The van der Waals surface area contributed by atoms with E-state index < -0.39 is 0 Å². The Balaban J connectivity index is 1.86. The molecule has 7 nitrogen and oxygen atoms in total. The van der Waals surface area contributed by atoms with Crippen LogP contribution in [0.15, 0.2) is 18.3 Å². The molecule has 2 aromatic heterocycles. The lowest BCUT2D eigenvalue weighted by Crippen LogP contribution is -2.16. The number of nitrogens with two attached hydrogens (primary N) is 2. The van der Waals surface area contributed by atoms with Crippen molar-refractivity contribution < 1.29 is 4.39 Å². The molecule has 0 spiro atoms. The smallest absolute Gasteiger partial charge is 0.223 e. The first-order valence-electron chi connectivity index (χ1n) is 5.74. The topological polar surface area (TPSA) is 115 Å². The number of nitrogens with one attached hydrogen (secondary N) is 2. The van der Waals surface area contributed by atoms with Gasteiger partial charge in [-0.15, -0.1) is 0 Å². The van der Waals surface area contributed by atoms with E-state index in [0.717, 1.165) is 6.20 Å². The fraction of sp³-hybridized carbons (Fsp3) is 0.182. The lowest BCUT2D eigenvalue weighted by atomic mass is 10.4. The van der Waals surface area contributed by atoms with Crippen molar-refractivity contribution in [1.29, 1.82) is 0 Å². The minimum atomic E-state index is -0.382. The summed E-state index contributed by atoms with van der Waals surface area (Å²) in [6.45, 7) is 1.02. The van der Waals surface area contributed by atoms with Gasteiger partial charge in [0.05, 0.1) is 6.20 Å². The molecule has 6 N–H and O–H groups in total. The van der Waals surface area contributed by atoms with E-state index in [9.17, 15) is 4.39 Å². The summed E-state index contributed by atoms with van der Waals surface area (Å²) >= 11 is 5.79. The van der Waals surface area contributed by atoms with Crippen LogP contribution in [0.5, 0.6) is 0 Å². The van der Waals surface area contributed by atoms with Gasteiger partial charge in [-0.25, -0.2) is 9.37 Å². The average molecular weight is 298 g/mol. The first-order valence-corrected chi connectivity index (χ1v) is 6.12. The fourth-order valence-corrected chi connectivity index (χ4v) is 1.62. The van der Waals surface area contributed by atoms with Crippen LogP contribution in [0.4, 0.5) is 27.7 Å². The zero-order chi connectivity index (χ0) is 14.5. The maximum atomic E-state index is 12.7. The molecule has 2 heterocycles. The molecule has 2 rings (SSSR count). The molecule has 0 saturated carbocycles. The molecular weight excluding hydrogens is 285 g/mol. The molecule has 0 saturated heterocycles. The van der Waals surface area contributed by atoms with Crippen molar-refractivity contribution in [3.05, 3.63) is 29.3 Å². The predicted molar refractivity (Wildman–Crippen MR) is 77.0 cm³/mol. The molecule has 106 valence electrons. The third kappa shape index (κ3) is 3.58. The van der Waals surface area contributed by atoms with Crippen LogP contribution >= 0.6 is 11.6 Å². The number of nitrogen functional groups attached to an aromatic ring is 2. The van der Waals surface area contributed by atoms with E-state index in [1.54, 1.807) is 6.07 Å². The highest BCUT2D eigenvalue weighted by molar-refractivity contribution is 6.32. The van der Waals surface area contributed by atoms with Crippen LogP contribution < -0.4 is 22.1 Å². The molecule has 0 atom stereocenters. The zero-order valence-electron chi connectivity index (χ0n) is 10.4. The number of halogens is 2. The Bertz CT molecular complexity index is 590. The molecule has 0 amide bonds. The van der Waals surface area contributed by atoms with Gasteiger partial charge in [-0.3, -0.25) is 0 Å². The van der Waals surface area contributed by atoms with Crippen molar-refractivity contribution in [3.63, 3.8) is 0 Å². The van der Waals surface area contributed by atoms with E-state index in [4.69, 9.17) is 23.1 Å². The summed E-state index contributed by atoms with van der Waals surface area (Å²) in [6, 6.07) is 2.87. The first kappa shape index (κ1) is 14.1. The van der Waals surface area contributed by atoms with E-state index in [0.29, 0.717) is 24.7 Å². The largest absolute Gasteiger partial charge is 0.393 e. The Labute approximate surface area is 119 Å². The van der Waals surface area contributed by atoms with Crippen molar-refractivity contribution in [1.82, 2.24) is 15.0 Å². The number of rotatable bonds is 5. The van der Waals surface area contributed by atoms with Gasteiger partial charge in [0.15, 0.2) is 11.0 Å².